The summed E-state index contributed by atoms with van der Waals surface area (Å²) < 4.78 is 2.45. The van der Waals surface area contributed by atoms with Crippen LogP contribution in [0.1, 0.15) is 32.1 Å². The highest BCUT2D eigenvalue weighted by Crippen LogP contribution is 2.14. The third-order valence-electron chi connectivity index (χ3n) is 3.06. The van der Waals surface area contributed by atoms with Crippen LogP contribution in [0, 0.1) is 0 Å². The topological polar surface area (TPSA) is 6.25 Å². The first-order valence-electron chi connectivity index (χ1n) is 5.20. The summed E-state index contributed by atoms with van der Waals surface area (Å²) in [5, 5.41) is 0. The molecule has 2 aliphatic heterocycles. The molecule has 0 aromatic heterocycles. The first-order valence-corrected chi connectivity index (χ1v) is 5.20. The molecular formula is C10H19IN2. The summed E-state index contributed by atoms with van der Waals surface area (Å²) in [6, 6.07) is 0. The highest BCUT2D eigenvalue weighted by Gasteiger charge is 2.26. The van der Waals surface area contributed by atoms with Gasteiger partial charge < -0.3 is 24.0 Å². The van der Waals surface area contributed by atoms with Crippen molar-refractivity contribution in [3.8, 4) is 0 Å². The number of rotatable bonds is 0. The van der Waals surface area contributed by atoms with E-state index < -0.39 is 0 Å². The van der Waals surface area contributed by atoms with Crippen LogP contribution in [-0.4, -0.2) is 42.0 Å². The maximum Gasteiger partial charge on any atom is 0.246 e. The lowest BCUT2D eigenvalue weighted by atomic mass is 10.2. The van der Waals surface area contributed by atoms with Crippen LogP contribution in [0.25, 0.3) is 0 Å². The number of amidine groups is 1. The van der Waals surface area contributed by atoms with E-state index in [4.69, 9.17) is 0 Å². The highest BCUT2D eigenvalue weighted by molar-refractivity contribution is 5.78. The van der Waals surface area contributed by atoms with E-state index in [-0.39, 0.29) is 24.0 Å². The minimum atomic E-state index is 0. The third kappa shape index (κ3) is 2.58. The van der Waals surface area contributed by atoms with Crippen LogP contribution in [-0.2, 0) is 0 Å². The van der Waals surface area contributed by atoms with Crippen molar-refractivity contribution in [2.45, 2.75) is 32.1 Å². The Kier molecular flexibility index (Phi) is 4.49. The fourth-order valence-corrected chi connectivity index (χ4v) is 2.35. The first kappa shape index (κ1) is 11.3. The molecule has 0 aromatic rings. The quantitative estimate of drug-likeness (QED) is 0.294. The van der Waals surface area contributed by atoms with Gasteiger partial charge in [-0.3, -0.25) is 9.48 Å². The number of hydrogen-bond acceptors (Lipinski definition) is 1. The van der Waals surface area contributed by atoms with Crippen molar-refractivity contribution in [3.05, 3.63) is 0 Å². The van der Waals surface area contributed by atoms with Gasteiger partial charge in [-0.25, -0.2) is 0 Å². The Labute approximate surface area is 98.0 Å². The van der Waals surface area contributed by atoms with Gasteiger partial charge in [0.15, 0.2) is 0 Å². The van der Waals surface area contributed by atoms with Gasteiger partial charge >= 0.3 is 0 Å². The minimum Gasteiger partial charge on any atom is -1.00 e. The van der Waals surface area contributed by atoms with Gasteiger partial charge in [0.05, 0.1) is 26.7 Å². The minimum absolute atomic E-state index is 0. The molecule has 1 saturated heterocycles. The van der Waals surface area contributed by atoms with Crippen LogP contribution >= 0.6 is 0 Å². The molecule has 2 aliphatic rings. The molecule has 0 N–H and O–H groups in total. The molecule has 3 heteroatoms. The SMILES string of the molecule is [13CH3][N+]1=C2CCCCCN2CCC1.[I-]. The van der Waals surface area contributed by atoms with E-state index in [1.807, 2.05) is 0 Å². The summed E-state index contributed by atoms with van der Waals surface area (Å²) in [5.74, 6) is 1.61. The van der Waals surface area contributed by atoms with Crippen LogP contribution in [0.4, 0.5) is 0 Å². The van der Waals surface area contributed by atoms with Gasteiger partial charge in [-0.1, -0.05) is 0 Å². The standard InChI is InChI=1S/C10H19N2.HI/c1-11-7-5-9-12-8-4-2-3-6-10(11)12;/h2-9H2,1H3;1H/q+1;/p-1/i1+1;. The normalized spacial score (nSPS) is 23.3. The van der Waals surface area contributed by atoms with Gasteiger partial charge in [0.2, 0.25) is 5.84 Å². The van der Waals surface area contributed by atoms with Crippen LogP contribution in [0.3, 0.4) is 0 Å². The molecule has 2 heterocycles. The number of fused-ring (bicyclic) bond motifs is 1. The molecule has 0 atom stereocenters. The predicted octanol–water partition coefficient (Wildman–Crippen LogP) is -1.69. The molecule has 76 valence electrons. The largest absolute Gasteiger partial charge is 1.00 e. The molecular weight excluding hydrogens is 276 g/mol. The van der Waals surface area contributed by atoms with Crippen molar-refractivity contribution in [1.29, 1.82) is 0 Å². The van der Waals surface area contributed by atoms with Crippen molar-refractivity contribution >= 4 is 5.84 Å². The predicted molar refractivity (Wildman–Crippen MR) is 50.7 cm³/mol. The Morgan fingerprint density at radius 3 is 2.69 bits per heavy atom. The number of hydrogen-bond donors (Lipinski definition) is 0. The smallest absolute Gasteiger partial charge is 0.246 e. The van der Waals surface area contributed by atoms with Crippen molar-refractivity contribution in [1.82, 2.24) is 4.90 Å². The fourth-order valence-electron chi connectivity index (χ4n) is 2.35. The van der Waals surface area contributed by atoms with Crippen molar-refractivity contribution in [2.75, 3.05) is 26.7 Å². The molecule has 0 radical (unpaired) electrons. The molecule has 13 heavy (non-hydrogen) atoms. The van der Waals surface area contributed by atoms with Crippen LogP contribution < -0.4 is 24.0 Å². The van der Waals surface area contributed by atoms with Gasteiger partial charge in [0.1, 0.15) is 0 Å². The molecule has 0 unspecified atom stereocenters. The van der Waals surface area contributed by atoms with E-state index in [1.165, 1.54) is 51.7 Å². The lowest BCUT2D eigenvalue weighted by molar-refractivity contribution is -0.510. The molecule has 2 rings (SSSR count). The second kappa shape index (κ2) is 5.17. The Balaban J connectivity index is 0.000000845. The second-order valence-electron chi connectivity index (χ2n) is 3.99. The molecule has 0 bridgehead atoms. The lowest BCUT2D eigenvalue weighted by Crippen LogP contribution is -3.00. The van der Waals surface area contributed by atoms with Crippen LogP contribution in [0.15, 0.2) is 0 Å². The number of nitrogens with zero attached hydrogens (tertiary/aromatic N) is 2. The van der Waals surface area contributed by atoms with Gasteiger partial charge in [-0.05, 0) is 19.3 Å². The van der Waals surface area contributed by atoms with Crippen molar-refractivity contribution in [3.63, 3.8) is 0 Å². The summed E-state index contributed by atoms with van der Waals surface area (Å²) in [5.41, 5.74) is 0. The summed E-state index contributed by atoms with van der Waals surface area (Å²) >= 11 is 0. The van der Waals surface area contributed by atoms with Gasteiger partial charge in [0, 0.05) is 12.8 Å². The Morgan fingerprint density at radius 2 is 1.85 bits per heavy atom. The summed E-state index contributed by atoms with van der Waals surface area (Å²) in [6.45, 7) is 3.88. The molecule has 1 fully saturated rings. The molecule has 0 saturated carbocycles. The molecule has 2 nitrogen and oxygen atoms in total. The zero-order valence-corrected chi connectivity index (χ0v) is 10.6. The molecule has 0 aromatic carbocycles. The van der Waals surface area contributed by atoms with E-state index in [9.17, 15) is 0 Å². The average molecular weight is 295 g/mol. The van der Waals surface area contributed by atoms with E-state index in [0.29, 0.717) is 0 Å². The van der Waals surface area contributed by atoms with Gasteiger partial charge in [0.25, 0.3) is 0 Å². The maximum absolute atomic E-state index is 2.59. The van der Waals surface area contributed by atoms with E-state index in [2.05, 4.69) is 16.5 Å². The van der Waals surface area contributed by atoms with Crippen LogP contribution in [0.2, 0.25) is 0 Å². The van der Waals surface area contributed by atoms with Crippen molar-refractivity contribution in [2.24, 2.45) is 0 Å². The van der Waals surface area contributed by atoms with Gasteiger partial charge in [-0.15, -0.1) is 0 Å². The molecule has 0 spiro atoms. The van der Waals surface area contributed by atoms with E-state index in [1.54, 1.807) is 5.84 Å². The second-order valence-corrected chi connectivity index (χ2v) is 3.99. The average Bonchev–Trinajstić information content (AvgIpc) is 2.30. The summed E-state index contributed by atoms with van der Waals surface area (Å²) in [7, 11) is 2.24. The van der Waals surface area contributed by atoms with E-state index in [0.717, 1.165) is 0 Å². The Hall–Kier alpha value is 0.200. The summed E-state index contributed by atoms with van der Waals surface area (Å²) in [4.78, 5) is 2.59. The lowest BCUT2D eigenvalue weighted by Gasteiger charge is -2.23. The zero-order chi connectivity index (χ0) is 8.39. The Morgan fingerprint density at radius 1 is 1.08 bits per heavy atom. The van der Waals surface area contributed by atoms with Crippen molar-refractivity contribution < 1.29 is 28.6 Å². The fraction of sp³-hybridized carbons (Fsp3) is 0.900. The third-order valence-corrected chi connectivity index (χ3v) is 3.06. The number of halogens is 1. The summed E-state index contributed by atoms with van der Waals surface area (Å²) in [6.07, 6.45) is 6.89. The zero-order valence-electron chi connectivity index (χ0n) is 8.43. The van der Waals surface area contributed by atoms with E-state index >= 15 is 0 Å². The highest BCUT2D eigenvalue weighted by atomic mass is 127. The van der Waals surface area contributed by atoms with Gasteiger partial charge in [-0.2, -0.15) is 0 Å². The maximum atomic E-state index is 2.59. The van der Waals surface area contributed by atoms with Crippen LogP contribution in [0.5, 0.6) is 0 Å². The molecule has 0 aliphatic carbocycles. The molecule has 0 amide bonds. The first-order chi connectivity index (χ1) is 5.88. The monoisotopic (exact) mass is 295 g/mol. The Bertz CT molecular complexity index is 201.